The van der Waals surface area contributed by atoms with Gasteiger partial charge in [0.25, 0.3) is 0 Å². The zero-order chi connectivity index (χ0) is 47.4. The molecule has 0 atom stereocenters. The molecule has 0 saturated heterocycles. The Kier molecular flexibility index (Phi) is 11.1. The van der Waals surface area contributed by atoms with Gasteiger partial charge in [0.05, 0.1) is 11.4 Å². The molecule has 71 heavy (non-hydrogen) atoms. The van der Waals surface area contributed by atoms with Crippen molar-refractivity contribution in [2.45, 2.75) is 82.5 Å². The lowest BCUT2D eigenvalue weighted by molar-refractivity contribution is 0.396. The third-order valence-corrected chi connectivity index (χ3v) is 16.1. The largest absolute Gasteiger partial charge is 0.454 e. The zero-order valence-electron chi connectivity index (χ0n) is 40.4. The summed E-state index contributed by atoms with van der Waals surface area (Å²) in [5, 5.41) is 17.4. The van der Waals surface area contributed by atoms with Gasteiger partial charge in [0.15, 0.2) is 11.2 Å². The van der Waals surface area contributed by atoms with Gasteiger partial charge in [0, 0.05) is 32.9 Å². The van der Waals surface area contributed by atoms with Crippen LogP contribution in [0.3, 0.4) is 0 Å². The number of rotatable bonds is 10. The molecule has 0 bridgehead atoms. The molecule has 2 saturated carbocycles. The van der Waals surface area contributed by atoms with E-state index in [1.54, 1.807) is 0 Å². The van der Waals surface area contributed by atoms with Crippen LogP contribution in [0.5, 0.6) is 0 Å². The molecule has 0 spiro atoms. The lowest BCUT2D eigenvalue weighted by atomic mass is 9.75. The van der Waals surface area contributed by atoms with Crippen molar-refractivity contribution in [3.8, 4) is 11.1 Å². The van der Waals surface area contributed by atoms with E-state index in [-0.39, 0.29) is 0 Å². The summed E-state index contributed by atoms with van der Waals surface area (Å²) in [6.07, 6.45) is 16.9. The summed E-state index contributed by atoms with van der Waals surface area (Å²) in [7, 11) is 0. The first-order chi connectivity index (χ1) is 35.0. The maximum Gasteiger partial charge on any atom is 0.158 e. The highest BCUT2D eigenvalue weighted by Gasteiger charge is 2.30. The molecular weight excluding hydrogens is 865 g/mol. The number of fused-ring (bicyclic) bond motifs is 9. The van der Waals surface area contributed by atoms with Crippen LogP contribution in [0.25, 0.3) is 82.6 Å². The molecule has 4 nitrogen and oxygen atoms in total. The standard InChI is InChI=1S/C67H58N2O2/c1-3-4-16-48-39-58(66-62(42(48)2)55-25-14-27-60(64(55)70-66)69-54-36-35-44-19-11-12-22-49(44)38-54)47-31-29-45(30-32-47)51-33-34-52-41-59(46-20-9-6-10-21-46)67-63(57(52)40-51)56-26-15-28-61(65(56)71-67)68-53-24-13-23-50(37-53)43-17-7-5-8-18-43/h3-5,7-8,11-19,22-28,33-41,45-47,68-69H,1,6,9-10,20-21,29-32H2,2H3/b16-4-. The fraction of sp³-hybridized carbons (Fsp3) is 0.194. The summed E-state index contributed by atoms with van der Waals surface area (Å²) in [6.45, 7) is 6.25. The van der Waals surface area contributed by atoms with Gasteiger partial charge in [0.2, 0.25) is 0 Å². The van der Waals surface area contributed by atoms with E-state index in [0.717, 1.165) is 76.2 Å². The van der Waals surface area contributed by atoms with Gasteiger partial charge in [-0.3, -0.25) is 0 Å². The summed E-state index contributed by atoms with van der Waals surface area (Å²) in [4.78, 5) is 0. The third kappa shape index (κ3) is 7.87. The van der Waals surface area contributed by atoms with Crippen LogP contribution >= 0.6 is 0 Å². The summed E-state index contributed by atoms with van der Waals surface area (Å²) >= 11 is 0. The number of para-hydroxylation sites is 2. The van der Waals surface area contributed by atoms with Crippen LogP contribution in [0.4, 0.5) is 22.7 Å². The Labute approximate surface area is 415 Å². The van der Waals surface area contributed by atoms with E-state index in [4.69, 9.17) is 8.83 Å². The van der Waals surface area contributed by atoms with Crippen molar-refractivity contribution in [1.29, 1.82) is 0 Å². The number of benzene rings is 9. The third-order valence-electron chi connectivity index (χ3n) is 16.1. The molecule has 0 aliphatic heterocycles. The van der Waals surface area contributed by atoms with Crippen molar-refractivity contribution in [2.24, 2.45) is 0 Å². The highest BCUT2D eigenvalue weighted by Crippen LogP contribution is 2.49. The van der Waals surface area contributed by atoms with Crippen LogP contribution in [0, 0.1) is 6.92 Å². The highest BCUT2D eigenvalue weighted by atomic mass is 16.3. The Morgan fingerprint density at radius 3 is 1.85 bits per heavy atom. The predicted octanol–water partition coefficient (Wildman–Crippen LogP) is 19.9. The minimum atomic E-state index is 0.380. The fourth-order valence-corrected chi connectivity index (χ4v) is 12.5. The number of allylic oxidation sites excluding steroid dienone is 2. The first-order valence-electron chi connectivity index (χ1n) is 25.9. The average Bonchev–Trinajstić information content (AvgIpc) is 4.03. The molecule has 0 radical (unpaired) electrons. The molecule has 2 aromatic heterocycles. The smallest absolute Gasteiger partial charge is 0.158 e. The van der Waals surface area contributed by atoms with Gasteiger partial charge in [-0.25, -0.2) is 0 Å². The molecule has 2 aliphatic rings. The monoisotopic (exact) mass is 922 g/mol. The van der Waals surface area contributed by atoms with Crippen molar-refractivity contribution < 1.29 is 8.83 Å². The van der Waals surface area contributed by atoms with Gasteiger partial charge in [-0.05, 0) is 172 Å². The second-order valence-corrected chi connectivity index (χ2v) is 20.3. The average molecular weight is 923 g/mol. The highest BCUT2D eigenvalue weighted by molar-refractivity contribution is 6.22. The molecule has 0 unspecified atom stereocenters. The maximum atomic E-state index is 7.18. The van der Waals surface area contributed by atoms with E-state index in [1.165, 1.54) is 109 Å². The second-order valence-electron chi connectivity index (χ2n) is 20.3. The van der Waals surface area contributed by atoms with E-state index < -0.39 is 0 Å². The number of nitrogens with one attached hydrogen (secondary N) is 2. The zero-order valence-corrected chi connectivity index (χ0v) is 40.4. The fourth-order valence-electron chi connectivity index (χ4n) is 12.5. The Balaban J connectivity index is 0.848. The maximum absolute atomic E-state index is 7.18. The lowest BCUT2D eigenvalue weighted by Gasteiger charge is -2.30. The molecular formula is C67H58N2O2. The topological polar surface area (TPSA) is 50.3 Å². The van der Waals surface area contributed by atoms with Gasteiger partial charge in [0.1, 0.15) is 11.2 Å². The molecule has 4 heteroatoms. The molecule has 2 N–H and O–H groups in total. The Morgan fingerprint density at radius 1 is 0.465 bits per heavy atom. The van der Waals surface area contributed by atoms with E-state index in [0.29, 0.717) is 17.8 Å². The van der Waals surface area contributed by atoms with Crippen LogP contribution in [0.1, 0.15) is 103 Å². The van der Waals surface area contributed by atoms with Gasteiger partial charge in [-0.1, -0.05) is 159 Å². The normalized spacial score (nSPS) is 16.8. The van der Waals surface area contributed by atoms with Crippen molar-refractivity contribution in [2.75, 3.05) is 10.6 Å². The van der Waals surface area contributed by atoms with Crippen molar-refractivity contribution in [3.05, 3.63) is 210 Å². The Bertz CT molecular complexity index is 3860. The number of hydrogen-bond acceptors (Lipinski definition) is 4. The van der Waals surface area contributed by atoms with Gasteiger partial charge in [-0.15, -0.1) is 0 Å². The predicted molar refractivity (Wildman–Crippen MR) is 301 cm³/mol. The second kappa shape index (κ2) is 18.2. The number of furan rings is 2. The SMILES string of the molecule is C=C/C=C\c1cc(C2CCC(c3ccc4cc(C5CCCCC5)c5oc6c(Nc7cccc(-c8ccccc8)c7)cccc6c5c4c3)CC2)c2oc3c(Nc4ccc5ccccc5c4)cccc3c2c1C. The number of hydrogen-bond donors (Lipinski definition) is 2. The molecule has 9 aromatic carbocycles. The van der Waals surface area contributed by atoms with Gasteiger partial charge < -0.3 is 19.5 Å². The van der Waals surface area contributed by atoms with Crippen LogP contribution in [0.15, 0.2) is 191 Å². The van der Waals surface area contributed by atoms with E-state index in [2.05, 4.69) is 200 Å². The minimum Gasteiger partial charge on any atom is -0.454 e. The van der Waals surface area contributed by atoms with Crippen molar-refractivity contribution in [1.82, 2.24) is 0 Å². The number of aryl methyl sites for hydroxylation is 1. The van der Waals surface area contributed by atoms with E-state index >= 15 is 0 Å². The van der Waals surface area contributed by atoms with E-state index in [1.807, 2.05) is 6.08 Å². The summed E-state index contributed by atoms with van der Waals surface area (Å²) in [5.74, 6) is 1.35. The molecule has 0 amide bonds. The molecule has 2 heterocycles. The van der Waals surface area contributed by atoms with E-state index in [9.17, 15) is 0 Å². The van der Waals surface area contributed by atoms with Crippen molar-refractivity contribution >= 4 is 94.2 Å². The molecule has 348 valence electrons. The first kappa shape index (κ1) is 43.2. The quantitative estimate of drug-likeness (QED) is 0.134. The first-order valence-corrected chi connectivity index (χ1v) is 25.9. The summed E-state index contributed by atoms with van der Waals surface area (Å²) in [5.41, 5.74) is 17.0. The molecule has 13 rings (SSSR count). The Hall–Kier alpha value is -7.82. The lowest BCUT2D eigenvalue weighted by Crippen LogP contribution is -2.13. The molecule has 2 aliphatic carbocycles. The molecule has 11 aromatic rings. The number of anilines is 4. The van der Waals surface area contributed by atoms with Gasteiger partial charge >= 0.3 is 0 Å². The minimum absolute atomic E-state index is 0.380. The Morgan fingerprint density at radius 2 is 1.08 bits per heavy atom. The van der Waals surface area contributed by atoms with Gasteiger partial charge in [-0.2, -0.15) is 0 Å². The van der Waals surface area contributed by atoms with Crippen LogP contribution < -0.4 is 10.6 Å². The van der Waals surface area contributed by atoms with Crippen LogP contribution in [-0.2, 0) is 0 Å². The van der Waals surface area contributed by atoms with Crippen LogP contribution in [-0.4, -0.2) is 0 Å². The van der Waals surface area contributed by atoms with Crippen LogP contribution in [0.2, 0.25) is 0 Å². The summed E-state index contributed by atoms with van der Waals surface area (Å²) < 4.78 is 14.3. The summed E-state index contributed by atoms with van der Waals surface area (Å²) in [6, 6.07) is 59.8. The van der Waals surface area contributed by atoms with Crippen molar-refractivity contribution in [3.63, 3.8) is 0 Å². The molecule has 2 fully saturated rings.